The molecule has 15 nitrogen and oxygen atoms in total. The van der Waals surface area contributed by atoms with E-state index in [0.29, 0.717) is 16.7 Å². The summed E-state index contributed by atoms with van der Waals surface area (Å²) in [5, 5.41) is 27.2. The Balaban J connectivity index is 1.15. The number of hydrogen-bond acceptors (Lipinski definition) is 13. The van der Waals surface area contributed by atoms with Crippen LogP contribution in [-0.2, 0) is 29.1 Å². The Labute approximate surface area is 276 Å². The van der Waals surface area contributed by atoms with Gasteiger partial charge in [-0.15, -0.1) is 0 Å². The molecule has 256 valence electrons. The van der Waals surface area contributed by atoms with Gasteiger partial charge in [0.25, 0.3) is 0 Å². The number of fused-ring (bicyclic) bond motifs is 3. The highest BCUT2D eigenvalue weighted by Gasteiger charge is 2.81. The number of nitrogens with zero attached hydrogens (tertiary/aromatic N) is 4. The van der Waals surface area contributed by atoms with E-state index < -0.39 is 49.9 Å². The number of aryl methyl sites for hydroxylation is 1. The zero-order valence-corrected chi connectivity index (χ0v) is 27.8. The third-order valence-electron chi connectivity index (χ3n) is 9.38. The van der Waals surface area contributed by atoms with E-state index >= 15 is 0 Å². The first kappa shape index (κ1) is 32.7. The Morgan fingerprint density at radius 2 is 1.92 bits per heavy atom. The molecule has 6 atom stereocenters. The molecule has 6 unspecified atom stereocenters. The van der Waals surface area contributed by atoms with Gasteiger partial charge in [0.2, 0.25) is 11.8 Å². The van der Waals surface area contributed by atoms with Crippen molar-refractivity contribution in [2.24, 2.45) is 0 Å². The molecule has 0 bridgehead atoms. The van der Waals surface area contributed by atoms with Gasteiger partial charge in [-0.3, -0.25) is 13.9 Å². The number of nitrogens with two attached hydrogens (primary N) is 1. The fraction of sp³-hybridized carbons (Fsp3) is 0.500. The van der Waals surface area contributed by atoms with E-state index in [2.05, 4.69) is 20.0 Å². The molecule has 0 spiro atoms. The summed E-state index contributed by atoms with van der Waals surface area (Å²) < 4.78 is 45.4. The number of imidazole rings is 1. The van der Waals surface area contributed by atoms with Crippen molar-refractivity contribution in [3.8, 4) is 11.6 Å². The SMILES string of the molecule is COc1nc(N)nc2c1nc(C)n2C12CC1(O)C(O)C(COP(=O)(NC(C)C(=O)OC1CCCCC1)Oc1cccc3ccccc13)O2. The average molecular weight is 683 g/mol. The fourth-order valence-electron chi connectivity index (χ4n) is 6.91. The molecule has 2 saturated carbocycles. The predicted octanol–water partition coefficient (Wildman–Crippen LogP) is 3.48. The number of anilines is 1. The van der Waals surface area contributed by atoms with Gasteiger partial charge in [0.1, 0.15) is 41.5 Å². The zero-order chi connectivity index (χ0) is 33.8. The average Bonchev–Trinajstić information content (AvgIpc) is 3.43. The van der Waals surface area contributed by atoms with E-state index in [-0.39, 0.29) is 35.7 Å². The van der Waals surface area contributed by atoms with Crippen LogP contribution in [0.25, 0.3) is 21.9 Å². The van der Waals surface area contributed by atoms with Gasteiger partial charge in [-0.25, -0.2) is 9.55 Å². The first-order valence-electron chi connectivity index (χ1n) is 16.0. The van der Waals surface area contributed by atoms with Crippen molar-refractivity contribution in [3.05, 3.63) is 48.3 Å². The van der Waals surface area contributed by atoms with Crippen molar-refractivity contribution in [2.75, 3.05) is 19.5 Å². The van der Waals surface area contributed by atoms with Gasteiger partial charge in [-0.1, -0.05) is 42.8 Å². The van der Waals surface area contributed by atoms with Crippen molar-refractivity contribution < 1.29 is 42.8 Å². The smallest absolute Gasteiger partial charge is 0.459 e. The topological polar surface area (TPSA) is 202 Å². The number of aliphatic hydroxyl groups excluding tert-OH is 1. The zero-order valence-electron chi connectivity index (χ0n) is 26.9. The second kappa shape index (κ2) is 12.2. The van der Waals surface area contributed by atoms with Crippen molar-refractivity contribution >= 4 is 41.6 Å². The van der Waals surface area contributed by atoms with Crippen LogP contribution in [0.15, 0.2) is 42.5 Å². The van der Waals surface area contributed by atoms with Gasteiger partial charge in [0.05, 0.1) is 13.7 Å². The molecular formula is C32H39N6O9P. The minimum Gasteiger partial charge on any atom is -0.479 e. The first-order chi connectivity index (χ1) is 23.0. The highest BCUT2D eigenvalue weighted by atomic mass is 31.2. The number of esters is 1. The molecule has 5 N–H and O–H groups in total. The number of rotatable bonds is 11. The Morgan fingerprint density at radius 3 is 2.69 bits per heavy atom. The number of aliphatic hydroxyl groups is 2. The van der Waals surface area contributed by atoms with Crippen molar-refractivity contribution in [1.29, 1.82) is 0 Å². The molecule has 1 saturated heterocycles. The number of carbonyl (C=O) groups is 1. The summed E-state index contributed by atoms with van der Waals surface area (Å²) in [6.07, 6.45) is 1.79. The van der Waals surface area contributed by atoms with Crippen molar-refractivity contribution in [2.45, 2.75) is 88.1 Å². The van der Waals surface area contributed by atoms with Crippen molar-refractivity contribution in [3.63, 3.8) is 0 Å². The number of hydrogen-bond donors (Lipinski definition) is 4. The second-order valence-corrected chi connectivity index (χ2v) is 14.3. The fourth-order valence-corrected chi connectivity index (χ4v) is 8.43. The summed E-state index contributed by atoms with van der Waals surface area (Å²) >= 11 is 0. The lowest BCUT2D eigenvalue weighted by molar-refractivity contribution is -0.152. The number of methoxy groups -OCH3 is 1. The second-order valence-electron chi connectivity index (χ2n) is 12.7. The molecule has 4 aromatic rings. The molecule has 2 aromatic carbocycles. The third kappa shape index (κ3) is 5.57. The van der Waals surface area contributed by atoms with E-state index in [1.54, 1.807) is 23.6 Å². The highest BCUT2D eigenvalue weighted by molar-refractivity contribution is 7.52. The van der Waals surface area contributed by atoms with Gasteiger partial charge >= 0.3 is 13.7 Å². The number of carbonyl (C=O) groups excluding carboxylic acids is 1. The van der Waals surface area contributed by atoms with Gasteiger partial charge in [0, 0.05) is 11.8 Å². The molecule has 48 heavy (non-hydrogen) atoms. The predicted molar refractivity (Wildman–Crippen MR) is 173 cm³/mol. The molecule has 16 heteroatoms. The molecule has 1 aliphatic heterocycles. The van der Waals surface area contributed by atoms with Crippen LogP contribution in [0.5, 0.6) is 11.6 Å². The summed E-state index contributed by atoms with van der Waals surface area (Å²) in [5.74, 6) is 0.151. The Kier molecular flexibility index (Phi) is 8.33. The largest absolute Gasteiger partial charge is 0.479 e. The Hall–Kier alpha value is -3.85. The molecule has 0 radical (unpaired) electrons. The molecule has 3 fully saturated rings. The van der Waals surface area contributed by atoms with Gasteiger partial charge < -0.3 is 34.7 Å². The van der Waals surface area contributed by atoms with E-state index in [1.165, 1.54) is 14.0 Å². The lowest BCUT2D eigenvalue weighted by Crippen LogP contribution is -2.40. The summed E-state index contributed by atoms with van der Waals surface area (Å²) in [4.78, 5) is 26.0. The normalized spacial score (nSPS) is 27.4. The van der Waals surface area contributed by atoms with E-state index in [1.807, 2.05) is 30.3 Å². The molecule has 3 aliphatic rings. The van der Waals surface area contributed by atoms with Crippen LogP contribution < -0.4 is 20.1 Å². The first-order valence-corrected chi connectivity index (χ1v) is 17.6. The number of benzene rings is 2. The number of nitrogen functional groups attached to an aromatic ring is 1. The summed E-state index contributed by atoms with van der Waals surface area (Å²) in [5.41, 5.74) is 3.25. The van der Waals surface area contributed by atoms with Crippen LogP contribution >= 0.6 is 7.75 Å². The summed E-state index contributed by atoms with van der Waals surface area (Å²) in [6, 6.07) is 11.6. The van der Waals surface area contributed by atoms with Crippen LogP contribution in [-0.4, -0.2) is 79.4 Å². The van der Waals surface area contributed by atoms with Gasteiger partial charge in [-0.2, -0.15) is 15.1 Å². The van der Waals surface area contributed by atoms with Crippen molar-refractivity contribution in [1.82, 2.24) is 24.6 Å². The van der Waals surface area contributed by atoms with Crippen LogP contribution in [0.2, 0.25) is 0 Å². The van der Waals surface area contributed by atoms with Crippen LogP contribution in [0.3, 0.4) is 0 Å². The molecule has 2 aromatic heterocycles. The quantitative estimate of drug-likeness (QED) is 0.132. The maximum absolute atomic E-state index is 14.5. The molecule has 2 aliphatic carbocycles. The van der Waals surface area contributed by atoms with Crippen LogP contribution in [0.4, 0.5) is 5.95 Å². The van der Waals surface area contributed by atoms with Crippen LogP contribution in [0.1, 0.15) is 51.3 Å². The maximum atomic E-state index is 14.5. The van der Waals surface area contributed by atoms with E-state index in [0.717, 1.165) is 37.5 Å². The van der Waals surface area contributed by atoms with E-state index in [9.17, 15) is 19.6 Å². The van der Waals surface area contributed by atoms with Gasteiger partial charge in [0.15, 0.2) is 16.9 Å². The number of nitrogens with one attached hydrogen (secondary N) is 1. The number of ether oxygens (including phenoxy) is 3. The monoisotopic (exact) mass is 682 g/mol. The summed E-state index contributed by atoms with van der Waals surface area (Å²) in [6.45, 7) is 2.74. The minimum atomic E-state index is -4.36. The standard InChI is InChI=1S/C32H39N6O9P/c1-18(29(40)45-21-12-5-4-6-13-21)37-48(42,47-23-15-9-11-20-10-7-8-14-22(20)23)44-16-24-26(39)31(41)17-32(31,46-24)38-19(2)34-25-27(38)35-30(33)36-28(25)43-3/h7-11,14-15,18,21,24,26,39,41H,4-6,12-13,16-17H2,1-3H3,(H,37,42)(H2,33,35,36). The molecule has 0 amide bonds. The molecular weight excluding hydrogens is 643 g/mol. The summed E-state index contributed by atoms with van der Waals surface area (Å²) in [7, 11) is -2.93. The minimum absolute atomic E-state index is 0.0165. The molecule has 3 heterocycles. The highest BCUT2D eigenvalue weighted by Crippen LogP contribution is 2.64. The molecule has 7 rings (SSSR count). The number of aromatic nitrogens is 4. The van der Waals surface area contributed by atoms with Gasteiger partial charge in [-0.05, 0) is 51.0 Å². The maximum Gasteiger partial charge on any atom is 0.459 e. The van der Waals surface area contributed by atoms with Crippen LogP contribution in [0, 0.1) is 6.92 Å². The Morgan fingerprint density at radius 1 is 1.17 bits per heavy atom. The Bertz CT molecular complexity index is 1910. The third-order valence-corrected chi connectivity index (χ3v) is 11.0. The lowest BCUT2D eigenvalue weighted by Gasteiger charge is -2.27. The lowest BCUT2D eigenvalue weighted by atomic mass is 9.98. The van der Waals surface area contributed by atoms with E-state index in [4.69, 9.17) is 29.0 Å².